The van der Waals surface area contributed by atoms with E-state index < -0.39 is 5.41 Å². The first kappa shape index (κ1) is 16.4. The van der Waals surface area contributed by atoms with Gasteiger partial charge >= 0.3 is 0 Å². The van der Waals surface area contributed by atoms with Crippen molar-refractivity contribution in [2.45, 2.75) is 52.5 Å². The van der Waals surface area contributed by atoms with Gasteiger partial charge in [-0.25, -0.2) is 0 Å². The molecule has 0 heterocycles. The molecular weight excluding hydrogens is 258 g/mol. The Morgan fingerprint density at radius 1 is 1.37 bits per heavy atom. The highest BCUT2D eigenvalue weighted by molar-refractivity contribution is 7.80. The average Bonchev–Trinajstić information content (AvgIpc) is 3.20. The molecule has 0 atom stereocenters. The Balaban J connectivity index is 2.46. The summed E-state index contributed by atoms with van der Waals surface area (Å²) in [4.78, 5) is 15.1. The lowest BCUT2D eigenvalue weighted by Crippen LogP contribution is -2.49. The maximum atomic E-state index is 12.3. The van der Waals surface area contributed by atoms with Crippen LogP contribution in [0.25, 0.3) is 0 Å². The van der Waals surface area contributed by atoms with Gasteiger partial charge in [-0.15, -0.1) is 0 Å². The molecule has 19 heavy (non-hydrogen) atoms. The van der Waals surface area contributed by atoms with Crippen molar-refractivity contribution in [3.8, 4) is 0 Å². The number of nitrogens with two attached hydrogens (primary N) is 1. The number of carbonyl (C=O) groups is 1. The van der Waals surface area contributed by atoms with E-state index in [-0.39, 0.29) is 5.91 Å². The van der Waals surface area contributed by atoms with Gasteiger partial charge in [-0.1, -0.05) is 33.0 Å². The van der Waals surface area contributed by atoms with E-state index in [4.69, 9.17) is 18.0 Å². The number of nitrogens with one attached hydrogen (secondary N) is 1. The zero-order valence-electron chi connectivity index (χ0n) is 12.4. The minimum Gasteiger partial charge on any atom is -0.392 e. The number of amides is 1. The van der Waals surface area contributed by atoms with Crippen molar-refractivity contribution in [2.75, 3.05) is 19.6 Å². The number of nitrogens with zero attached hydrogens (tertiary/aromatic N) is 1. The van der Waals surface area contributed by atoms with Crippen LogP contribution in [0.15, 0.2) is 0 Å². The van der Waals surface area contributed by atoms with Gasteiger partial charge in [-0.2, -0.15) is 0 Å². The van der Waals surface area contributed by atoms with Crippen molar-refractivity contribution in [1.29, 1.82) is 0 Å². The first-order chi connectivity index (χ1) is 9.01. The molecule has 1 saturated carbocycles. The highest BCUT2D eigenvalue weighted by Crippen LogP contribution is 2.27. The SMILES string of the molecule is CCN(CCNC(=O)C(CC)(CC)C(N)=S)C1CC1. The van der Waals surface area contributed by atoms with E-state index in [1.54, 1.807) is 0 Å². The van der Waals surface area contributed by atoms with Crippen molar-refractivity contribution in [3.05, 3.63) is 0 Å². The number of likely N-dealkylation sites (N-methyl/N-ethyl adjacent to an activating group) is 1. The molecule has 4 nitrogen and oxygen atoms in total. The van der Waals surface area contributed by atoms with Crippen molar-refractivity contribution in [3.63, 3.8) is 0 Å². The Hall–Kier alpha value is -0.680. The quantitative estimate of drug-likeness (QED) is 0.633. The summed E-state index contributed by atoms with van der Waals surface area (Å²) < 4.78 is 0. The molecular formula is C14H27N3OS. The number of hydrogen-bond donors (Lipinski definition) is 2. The molecule has 0 aromatic rings. The van der Waals surface area contributed by atoms with Crippen LogP contribution in [0, 0.1) is 5.41 Å². The molecule has 1 rings (SSSR count). The summed E-state index contributed by atoms with van der Waals surface area (Å²) >= 11 is 5.09. The third-order valence-corrected chi connectivity index (χ3v) is 4.66. The molecule has 110 valence electrons. The van der Waals surface area contributed by atoms with Crippen LogP contribution in [0.1, 0.15) is 46.5 Å². The zero-order valence-corrected chi connectivity index (χ0v) is 13.2. The molecule has 0 aromatic carbocycles. The van der Waals surface area contributed by atoms with Crippen LogP contribution in [0.3, 0.4) is 0 Å². The highest BCUT2D eigenvalue weighted by Gasteiger charge is 2.38. The maximum Gasteiger partial charge on any atom is 0.233 e. The van der Waals surface area contributed by atoms with Crippen LogP contribution in [0.5, 0.6) is 0 Å². The summed E-state index contributed by atoms with van der Waals surface area (Å²) in [6, 6.07) is 0.736. The minimum absolute atomic E-state index is 0.0168. The van der Waals surface area contributed by atoms with Gasteiger partial charge in [-0.05, 0) is 32.2 Å². The van der Waals surface area contributed by atoms with E-state index in [0.29, 0.717) is 24.4 Å². The summed E-state index contributed by atoms with van der Waals surface area (Å²) in [5.41, 5.74) is 5.10. The predicted octanol–water partition coefficient (Wildman–Crippen LogP) is 1.68. The minimum atomic E-state index is -0.675. The number of thiocarbonyl (C=S) groups is 1. The largest absolute Gasteiger partial charge is 0.392 e. The van der Waals surface area contributed by atoms with E-state index in [0.717, 1.165) is 19.1 Å². The highest BCUT2D eigenvalue weighted by atomic mass is 32.1. The van der Waals surface area contributed by atoms with Crippen LogP contribution in [-0.4, -0.2) is 41.5 Å². The maximum absolute atomic E-state index is 12.3. The van der Waals surface area contributed by atoms with E-state index >= 15 is 0 Å². The van der Waals surface area contributed by atoms with Crippen molar-refractivity contribution < 1.29 is 4.79 Å². The second kappa shape index (κ2) is 7.20. The van der Waals surface area contributed by atoms with Gasteiger partial charge in [0, 0.05) is 19.1 Å². The molecule has 0 spiro atoms. The normalized spacial score (nSPS) is 15.6. The monoisotopic (exact) mass is 285 g/mol. The molecule has 0 unspecified atom stereocenters. The fourth-order valence-corrected chi connectivity index (χ4v) is 2.93. The van der Waals surface area contributed by atoms with Crippen LogP contribution in [-0.2, 0) is 4.79 Å². The fraction of sp³-hybridized carbons (Fsp3) is 0.857. The lowest BCUT2D eigenvalue weighted by Gasteiger charge is -2.29. The molecule has 0 aliphatic heterocycles. The van der Waals surface area contributed by atoms with E-state index in [2.05, 4.69) is 17.1 Å². The van der Waals surface area contributed by atoms with Gasteiger partial charge < -0.3 is 11.1 Å². The average molecular weight is 285 g/mol. The molecule has 1 aliphatic carbocycles. The third kappa shape index (κ3) is 3.89. The van der Waals surface area contributed by atoms with Crippen LogP contribution >= 0.6 is 12.2 Å². The predicted molar refractivity (Wildman–Crippen MR) is 83.1 cm³/mol. The van der Waals surface area contributed by atoms with E-state index in [1.165, 1.54) is 12.8 Å². The molecule has 0 saturated heterocycles. The van der Waals surface area contributed by atoms with Crippen LogP contribution in [0.2, 0.25) is 0 Å². The molecule has 5 heteroatoms. The van der Waals surface area contributed by atoms with Gasteiger partial charge in [0.2, 0.25) is 5.91 Å². The third-order valence-electron chi connectivity index (χ3n) is 4.27. The van der Waals surface area contributed by atoms with Gasteiger partial charge in [0.15, 0.2) is 0 Å². The Kier molecular flexibility index (Phi) is 6.20. The van der Waals surface area contributed by atoms with Crippen molar-refractivity contribution in [1.82, 2.24) is 10.2 Å². The van der Waals surface area contributed by atoms with E-state index in [9.17, 15) is 4.79 Å². The molecule has 1 aliphatic rings. The number of carbonyl (C=O) groups excluding carboxylic acids is 1. The summed E-state index contributed by atoms with van der Waals surface area (Å²) in [5, 5.41) is 3.01. The van der Waals surface area contributed by atoms with Gasteiger partial charge in [0.1, 0.15) is 0 Å². The van der Waals surface area contributed by atoms with E-state index in [1.807, 2.05) is 13.8 Å². The van der Waals surface area contributed by atoms with Crippen LogP contribution in [0.4, 0.5) is 0 Å². The molecule has 3 N–H and O–H groups in total. The Labute approximate surface area is 122 Å². The summed E-state index contributed by atoms with van der Waals surface area (Å²) in [5.74, 6) is -0.0168. The van der Waals surface area contributed by atoms with Crippen LogP contribution < -0.4 is 11.1 Å². The van der Waals surface area contributed by atoms with Crippen molar-refractivity contribution >= 4 is 23.1 Å². The summed E-state index contributed by atoms with van der Waals surface area (Å²) in [7, 11) is 0. The first-order valence-electron chi connectivity index (χ1n) is 7.34. The van der Waals surface area contributed by atoms with Gasteiger partial charge in [0.25, 0.3) is 0 Å². The van der Waals surface area contributed by atoms with Gasteiger partial charge in [-0.3, -0.25) is 9.69 Å². The molecule has 1 fully saturated rings. The standard InChI is InChI=1S/C14H27N3OS/c1-4-14(5-2,12(15)19)13(18)16-9-10-17(6-3)11-7-8-11/h11H,4-10H2,1-3H3,(H2,15,19)(H,16,18). The molecule has 0 radical (unpaired) electrons. The lowest BCUT2D eigenvalue weighted by atomic mass is 9.81. The lowest BCUT2D eigenvalue weighted by molar-refractivity contribution is -0.127. The van der Waals surface area contributed by atoms with Gasteiger partial charge in [0.05, 0.1) is 10.4 Å². The first-order valence-corrected chi connectivity index (χ1v) is 7.74. The topological polar surface area (TPSA) is 58.4 Å². The smallest absolute Gasteiger partial charge is 0.233 e. The second-order valence-electron chi connectivity index (χ2n) is 5.27. The number of rotatable bonds is 9. The zero-order chi connectivity index (χ0) is 14.5. The van der Waals surface area contributed by atoms with Crippen molar-refractivity contribution in [2.24, 2.45) is 11.1 Å². The molecule has 0 aromatic heterocycles. The second-order valence-corrected chi connectivity index (χ2v) is 5.71. The number of hydrogen-bond acceptors (Lipinski definition) is 3. The molecule has 1 amide bonds. The Morgan fingerprint density at radius 3 is 2.32 bits per heavy atom. The molecule has 0 bridgehead atoms. The Morgan fingerprint density at radius 2 is 1.95 bits per heavy atom. The summed E-state index contributed by atoms with van der Waals surface area (Å²) in [6.07, 6.45) is 3.90. The summed E-state index contributed by atoms with van der Waals surface area (Å²) in [6.45, 7) is 8.72. The Bertz CT molecular complexity index is 325. The fourth-order valence-electron chi connectivity index (χ4n) is 2.55.